The number of rotatable bonds is 3. The molecule has 2 heterocycles. The molecule has 0 spiro atoms. The monoisotopic (exact) mass is 379 g/mol. The first-order chi connectivity index (χ1) is 14.0. The lowest BCUT2D eigenvalue weighted by molar-refractivity contribution is 0.648. The number of fused-ring (bicyclic) bond motifs is 4. The summed E-state index contributed by atoms with van der Waals surface area (Å²) in [5, 5.41) is 4.73. The molecule has 5 rings (SSSR count). The minimum Gasteiger partial charge on any atom is -0.455 e. The Bertz CT molecular complexity index is 1370. The predicted molar refractivity (Wildman–Crippen MR) is 122 cm³/mol. The maximum Gasteiger partial charge on any atom is 0.144 e. The number of nitrogens with zero attached hydrogens (tertiary/aromatic N) is 1. The summed E-state index contributed by atoms with van der Waals surface area (Å²) in [6.45, 7) is 8.76. The predicted octanol–water partition coefficient (Wildman–Crippen LogP) is 7.62. The van der Waals surface area contributed by atoms with E-state index < -0.39 is 0 Å². The Labute approximate surface area is 171 Å². The van der Waals surface area contributed by atoms with E-state index in [2.05, 4.69) is 82.3 Å². The van der Waals surface area contributed by atoms with Crippen LogP contribution >= 0.6 is 0 Å². The van der Waals surface area contributed by atoms with E-state index in [4.69, 9.17) is 9.40 Å². The second-order valence-corrected chi connectivity index (χ2v) is 8.56. The Morgan fingerprint density at radius 2 is 1.72 bits per heavy atom. The fraction of sp³-hybridized carbons (Fsp3) is 0.222. The van der Waals surface area contributed by atoms with Gasteiger partial charge >= 0.3 is 0 Å². The number of hydrogen-bond acceptors (Lipinski definition) is 2. The van der Waals surface area contributed by atoms with E-state index in [1.807, 2.05) is 6.20 Å². The quantitative estimate of drug-likeness (QED) is 0.322. The first kappa shape index (κ1) is 17.9. The summed E-state index contributed by atoms with van der Waals surface area (Å²) in [6, 6.07) is 19.6. The van der Waals surface area contributed by atoms with Crippen LogP contribution in [0.4, 0.5) is 0 Å². The van der Waals surface area contributed by atoms with Crippen molar-refractivity contribution in [2.24, 2.45) is 5.92 Å². The van der Waals surface area contributed by atoms with Gasteiger partial charge < -0.3 is 4.42 Å². The minimum atomic E-state index is 0.643. The fourth-order valence-corrected chi connectivity index (χ4v) is 4.40. The molecule has 0 unspecified atom stereocenters. The zero-order valence-electron chi connectivity index (χ0n) is 17.4. The van der Waals surface area contributed by atoms with Crippen LogP contribution in [0.2, 0.25) is 0 Å². The number of aryl methyl sites for hydroxylation is 2. The molecule has 3 aromatic carbocycles. The molecule has 0 atom stereocenters. The molecule has 0 aliphatic heterocycles. The van der Waals surface area contributed by atoms with Crippen molar-refractivity contribution in [2.75, 3.05) is 0 Å². The molecule has 0 fully saturated rings. The van der Waals surface area contributed by atoms with Crippen molar-refractivity contribution in [3.8, 4) is 11.3 Å². The number of furan rings is 1. The molecular formula is C27H25NO. The van der Waals surface area contributed by atoms with Gasteiger partial charge in [-0.3, -0.25) is 4.98 Å². The summed E-state index contributed by atoms with van der Waals surface area (Å²) < 4.78 is 6.41. The molecule has 29 heavy (non-hydrogen) atoms. The molecule has 0 aliphatic rings. The average molecular weight is 380 g/mol. The largest absolute Gasteiger partial charge is 0.455 e. The van der Waals surface area contributed by atoms with E-state index in [-0.39, 0.29) is 0 Å². The van der Waals surface area contributed by atoms with Gasteiger partial charge in [-0.1, -0.05) is 50.2 Å². The van der Waals surface area contributed by atoms with Gasteiger partial charge in [-0.15, -0.1) is 0 Å². The Hall–Kier alpha value is -3.13. The SMILES string of the molecule is Cc1cc(-c2nccc3cc(CC(C)C)ccc23)c2oc3c(C)cccc3c2c1. The summed E-state index contributed by atoms with van der Waals surface area (Å²) in [5.41, 5.74) is 7.69. The van der Waals surface area contributed by atoms with Crippen LogP contribution in [0.5, 0.6) is 0 Å². The Morgan fingerprint density at radius 3 is 2.55 bits per heavy atom. The first-order valence-electron chi connectivity index (χ1n) is 10.3. The van der Waals surface area contributed by atoms with Crippen molar-refractivity contribution in [3.05, 3.63) is 77.5 Å². The number of pyridine rings is 1. The van der Waals surface area contributed by atoms with Gasteiger partial charge in [0.1, 0.15) is 11.2 Å². The summed E-state index contributed by atoms with van der Waals surface area (Å²) in [6.07, 6.45) is 3.00. The highest BCUT2D eigenvalue weighted by atomic mass is 16.3. The van der Waals surface area contributed by atoms with Gasteiger partial charge in [0.05, 0.1) is 5.69 Å². The van der Waals surface area contributed by atoms with Gasteiger partial charge in [-0.05, 0) is 66.5 Å². The second kappa shape index (κ2) is 6.73. The molecule has 0 saturated carbocycles. The van der Waals surface area contributed by atoms with Gasteiger partial charge in [0.2, 0.25) is 0 Å². The van der Waals surface area contributed by atoms with Crippen molar-refractivity contribution >= 4 is 32.7 Å². The molecule has 0 saturated heterocycles. The molecule has 0 bridgehead atoms. The smallest absolute Gasteiger partial charge is 0.144 e. The number of benzene rings is 3. The first-order valence-corrected chi connectivity index (χ1v) is 10.3. The molecule has 2 nitrogen and oxygen atoms in total. The van der Waals surface area contributed by atoms with Crippen LogP contribution in [0.15, 0.2) is 65.2 Å². The van der Waals surface area contributed by atoms with Gasteiger partial charge in [0, 0.05) is 27.9 Å². The number of aromatic nitrogens is 1. The van der Waals surface area contributed by atoms with Crippen LogP contribution in [-0.2, 0) is 6.42 Å². The third kappa shape index (κ3) is 3.00. The molecule has 2 aromatic heterocycles. The summed E-state index contributed by atoms with van der Waals surface area (Å²) in [7, 11) is 0. The highest BCUT2D eigenvalue weighted by molar-refractivity contribution is 6.12. The van der Waals surface area contributed by atoms with E-state index >= 15 is 0 Å². The van der Waals surface area contributed by atoms with E-state index in [9.17, 15) is 0 Å². The summed E-state index contributed by atoms with van der Waals surface area (Å²) in [5.74, 6) is 0.643. The van der Waals surface area contributed by atoms with Crippen molar-refractivity contribution in [1.82, 2.24) is 4.98 Å². The number of para-hydroxylation sites is 1. The highest BCUT2D eigenvalue weighted by Gasteiger charge is 2.17. The average Bonchev–Trinajstić information content (AvgIpc) is 3.06. The molecular weight excluding hydrogens is 354 g/mol. The van der Waals surface area contributed by atoms with Gasteiger partial charge in [0.25, 0.3) is 0 Å². The van der Waals surface area contributed by atoms with Gasteiger partial charge in [-0.25, -0.2) is 0 Å². The lowest BCUT2D eigenvalue weighted by Gasteiger charge is -2.10. The maximum absolute atomic E-state index is 6.41. The Balaban J connectivity index is 1.80. The van der Waals surface area contributed by atoms with E-state index in [0.717, 1.165) is 39.8 Å². The molecule has 0 radical (unpaired) electrons. The molecule has 2 heteroatoms. The standard InChI is InChI=1S/C27H25NO/c1-16(2)12-19-8-9-21-20(15-19)10-11-28-25(21)24-14-17(3)13-23-22-7-5-6-18(4)26(22)29-27(23)24/h5-11,13-16H,12H2,1-4H3. The lowest BCUT2D eigenvalue weighted by Crippen LogP contribution is -1.94. The topological polar surface area (TPSA) is 26.0 Å². The molecule has 0 N–H and O–H groups in total. The minimum absolute atomic E-state index is 0.643. The highest BCUT2D eigenvalue weighted by Crippen LogP contribution is 2.39. The number of hydrogen-bond donors (Lipinski definition) is 0. The summed E-state index contributed by atoms with van der Waals surface area (Å²) in [4.78, 5) is 4.79. The van der Waals surface area contributed by atoms with Crippen LogP contribution in [0.1, 0.15) is 30.5 Å². The van der Waals surface area contributed by atoms with Crippen LogP contribution in [-0.4, -0.2) is 4.98 Å². The van der Waals surface area contributed by atoms with Gasteiger partial charge in [-0.2, -0.15) is 0 Å². The van der Waals surface area contributed by atoms with E-state index in [1.54, 1.807) is 0 Å². The molecule has 5 aromatic rings. The Kier molecular flexibility index (Phi) is 4.16. The molecule has 0 aliphatic carbocycles. The molecule has 0 amide bonds. The second-order valence-electron chi connectivity index (χ2n) is 8.56. The zero-order valence-corrected chi connectivity index (χ0v) is 17.4. The zero-order chi connectivity index (χ0) is 20.1. The third-order valence-electron chi connectivity index (χ3n) is 5.67. The van der Waals surface area contributed by atoms with E-state index in [1.165, 1.54) is 27.3 Å². The van der Waals surface area contributed by atoms with Crippen molar-refractivity contribution in [3.63, 3.8) is 0 Å². The molecule has 144 valence electrons. The van der Waals surface area contributed by atoms with Crippen LogP contribution in [0.3, 0.4) is 0 Å². The third-order valence-corrected chi connectivity index (χ3v) is 5.67. The van der Waals surface area contributed by atoms with Gasteiger partial charge in [0.15, 0.2) is 0 Å². The van der Waals surface area contributed by atoms with Crippen LogP contribution < -0.4 is 0 Å². The van der Waals surface area contributed by atoms with Crippen LogP contribution in [0, 0.1) is 19.8 Å². The normalized spacial score (nSPS) is 11.9. The van der Waals surface area contributed by atoms with Crippen molar-refractivity contribution in [1.29, 1.82) is 0 Å². The van der Waals surface area contributed by atoms with Crippen molar-refractivity contribution in [2.45, 2.75) is 34.1 Å². The summed E-state index contributed by atoms with van der Waals surface area (Å²) >= 11 is 0. The lowest BCUT2D eigenvalue weighted by atomic mass is 9.96. The van der Waals surface area contributed by atoms with E-state index in [0.29, 0.717) is 5.92 Å². The maximum atomic E-state index is 6.41. The van der Waals surface area contributed by atoms with Crippen molar-refractivity contribution < 1.29 is 4.42 Å². The fourth-order valence-electron chi connectivity index (χ4n) is 4.40. The Morgan fingerprint density at radius 1 is 0.862 bits per heavy atom. The van der Waals surface area contributed by atoms with Crippen LogP contribution in [0.25, 0.3) is 44.0 Å².